The Kier molecular flexibility index (Phi) is 14.9. The van der Waals surface area contributed by atoms with E-state index in [2.05, 4.69) is 26.6 Å². The van der Waals surface area contributed by atoms with Gasteiger partial charge in [-0.05, 0) is 132 Å². The summed E-state index contributed by atoms with van der Waals surface area (Å²) in [5.74, 6) is -2.55. The summed E-state index contributed by atoms with van der Waals surface area (Å²) in [6.45, 7) is 12.0. The first kappa shape index (κ1) is 52.9. The molecule has 73 heavy (non-hydrogen) atoms. The molecule has 15 heteroatoms. The highest BCUT2D eigenvalue weighted by Crippen LogP contribution is 2.63. The second-order valence-corrected chi connectivity index (χ2v) is 22.4. The standard InChI is InChI=1S/C58H74N6O9/c1-8-21-53(31-55(23-10-3)35-56(32-53,24-11-4)50(70)62-49(55)69)47(67)60-39-17-19-43-41(28-39)42-29-40(18-20-44(42)64(43)30-45(65)59-38-16-14-15-37(27-38)46(66)73-7)61-48(68)54(22-9-2)33-57(25-12-5)36-58(34-54,26-13-6)52(72)63-51(57)71/h14-20,27-29H,8-13,21-26,30-36H2,1-7H3,(H,59,65)(H,60,67)(H,61,68)(H,62,69,70)(H,63,71,72)/t53?,54?,55-,56+,57-,58+. The maximum Gasteiger partial charge on any atom is 0.337 e. The Bertz CT molecular complexity index is 2670. The zero-order valence-electron chi connectivity index (χ0n) is 43.8. The van der Waals surface area contributed by atoms with Crippen LogP contribution in [0.15, 0.2) is 60.7 Å². The van der Waals surface area contributed by atoms with Crippen molar-refractivity contribution in [3.05, 3.63) is 66.2 Å². The lowest BCUT2D eigenvalue weighted by atomic mass is 9.47. The molecule has 390 valence electrons. The molecular formula is C58H74N6O9. The van der Waals surface area contributed by atoms with E-state index >= 15 is 9.59 Å². The Balaban J connectivity index is 1.19. The normalized spacial score (nSPS) is 27.5. The third kappa shape index (κ3) is 9.45. The van der Waals surface area contributed by atoms with Gasteiger partial charge < -0.3 is 25.3 Å². The molecule has 4 aliphatic rings. The lowest BCUT2D eigenvalue weighted by Crippen LogP contribution is -2.65. The number of esters is 1. The predicted molar refractivity (Wildman–Crippen MR) is 281 cm³/mol. The molecule has 5 N–H and O–H groups in total. The van der Waals surface area contributed by atoms with Gasteiger partial charge in [-0.2, -0.15) is 0 Å². The number of fused-ring (bicyclic) bond motifs is 7. The summed E-state index contributed by atoms with van der Waals surface area (Å²) < 4.78 is 6.75. The van der Waals surface area contributed by atoms with Crippen LogP contribution < -0.4 is 26.6 Å². The molecule has 2 aliphatic carbocycles. The van der Waals surface area contributed by atoms with Crippen LogP contribution in [0.5, 0.6) is 0 Å². The third-order valence-corrected chi connectivity index (χ3v) is 17.0. The molecule has 2 saturated heterocycles. The number of ether oxygens (including phenoxy) is 1. The fraction of sp³-hybridized carbons (Fsp3) is 0.552. The van der Waals surface area contributed by atoms with Crippen molar-refractivity contribution in [2.45, 2.75) is 164 Å². The smallest absolute Gasteiger partial charge is 0.337 e. The first-order valence-electron chi connectivity index (χ1n) is 26.8. The minimum absolute atomic E-state index is 0.136. The number of anilines is 3. The van der Waals surface area contributed by atoms with Gasteiger partial charge in [0.2, 0.25) is 41.4 Å². The van der Waals surface area contributed by atoms with Crippen LogP contribution in [0.1, 0.15) is 167 Å². The minimum Gasteiger partial charge on any atom is -0.465 e. The van der Waals surface area contributed by atoms with E-state index in [-0.39, 0.29) is 53.5 Å². The van der Waals surface area contributed by atoms with Crippen LogP contribution in [0.2, 0.25) is 0 Å². The molecule has 8 rings (SSSR count). The average Bonchev–Trinajstić information content (AvgIpc) is 3.64. The Labute approximate surface area is 428 Å². The number of piperidine rings is 2. The second kappa shape index (κ2) is 20.5. The zero-order chi connectivity index (χ0) is 52.6. The fourth-order valence-corrected chi connectivity index (χ4v) is 14.7. The van der Waals surface area contributed by atoms with Gasteiger partial charge in [-0.3, -0.25) is 44.2 Å². The number of hydrogen-bond acceptors (Lipinski definition) is 9. The van der Waals surface area contributed by atoms with Crippen LogP contribution in [-0.4, -0.2) is 59.0 Å². The molecule has 2 aliphatic heterocycles. The van der Waals surface area contributed by atoms with Gasteiger partial charge in [-0.1, -0.05) is 86.1 Å². The first-order valence-corrected chi connectivity index (χ1v) is 26.8. The van der Waals surface area contributed by atoms with Crippen LogP contribution >= 0.6 is 0 Å². The van der Waals surface area contributed by atoms with E-state index in [0.29, 0.717) is 129 Å². The Hall–Kier alpha value is -6.38. The van der Waals surface area contributed by atoms with Gasteiger partial charge in [0.05, 0.1) is 45.2 Å². The molecule has 3 heterocycles. The van der Waals surface area contributed by atoms with E-state index in [1.165, 1.54) is 7.11 Å². The summed E-state index contributed by atoms with van der Waals surface area (Å²) in [5.41, 5.74) is -2.42. The van der Waals surface area contributed by atoms with Crippen molar-refractivity contribution in [3.8, 4) is 0 Å². The summed E-state index contributed by atoms with van der Waals surface area (Å²) >= 11 is 0. The summed E-state index contributed by atoms with van der Waals surface area (Å²) in [5, 5.41) is 16.3. The highest BCUT2D eigenvalue weighted by molar-refractivity contribution is 6.13. The summed E-state index contributed by atoms with van der Waals surface area (Å²) in [7, 11) is 1.29. The number of methoxy groups -OCH3 is 1. The van der Waals surface area contributed by atoms with E-state index in [0.717, 1.165) is 25.7 Å². The molecule has 0 radical (unpaired) electrons. The molecule has 4 bridgehead atoms. The van der Waals surface area contributed by atoms with Gasteiger partial charge >= 0.3 is 5.97 Å². The zero-order valence-corrected chi connectivity index (χ0v) is 43.8. The molecule has 7 amide bonds. The van der Waals surface area contributed by atoms with Crippen LogP contribution in [0.25, 0.3) is 21.8 Å². The molecule has 1 aromatic heterocycles. The van der Waals surface area contributed by atoms with Crippen LogP contribution in [0.4, 0.5) is 17.1 Å². The minimum atomic E-state index is -1.00. The summed E-state index contributed by atoms with van der Waals surface area (Å²) in [6.07, 6.45) is 9.71. The van der Waals surface area contributed by atoms with Crippen molar-refractivity contribution < 1.29 is 43.1 Å². The van der Waals surface area contributed by atoms with Gasteiger partial charge in [0, 0.05) is 38.9 Å². The predicted octanol–water partition coefficient (Wildman–Crippen LogP) is 10.5. The highest BCUT2D eigenvalue weighted by atomic mass is 16.5. The van der Waals surface area contributed by atoms with Gasteiger partial charge in [0.1, 0.15) is 6.54 Å². The molecule has 4 aromatic rings. The van der Waals surface area contributed by atoms with Crippen molar-refractivity contribution in [1.82, 2.24) is 15.2 Å². The number of nitrogens with one attached hydrogen (secondary N) is 5. The Morgan fingerprint density at radius 3 is 1.26 bits per heavy atom. The number of rotatable bonds is 20. The number of carbonyl (C=O) groups is 8. The molecular weight excluding hydrogens is 925 g/mol. The number of benzene rings is 3. The highest BCUT2D eigenvalue weighted by Gasteiger charge is 2.66. The van der Waals surface area contributed by atoms with Crippen LogP contribution in [-0.2, 0) is 44.8 Å². The first-order chi connectivity index (χ1) is 34.9. The van der Waals surface area contributed by atoms with Crippen molar-refractivity contribution >= 4 is 86.2 Å². The molecule has 6 atom stereocenters. The second-order valence-electron chi connectivity index (χ2n) is 22.4. The van der Waals surface area contributed by atoms with Gasteiger partial charge in [0.15, 0.2) is 0 Å². The van der Waals surface area contributed by atoms with Gasteiger partial charge in [-0.15, -0.1) is 0 Å². The maximum atomic E-state index is 15.1. The van der Waals surface area contributed by atoms with E-state index in [1.807, 2.05) is 70.4 Å². The van der Waals surface area contributed by atoms with E-state index in [1.54, 1.807) is 36.4 Å². The molecule has 2 saturated carbocycles. The average molecular weight is 999 g/mol. The van der Waals surface area contributed by atoms with Crippen LogP contribution in [0.3, 0.4) is 0 Å². The maximum absolute atomic E-state index is 15.1. The van der Waals surface area contributed by atoms with E-state index < -0.39 is 38.5 Å². The topological polar surface area (TPSA) is 211 Å². The molecule has 3 aromatic carbocycles. The lowest BCUT2D eigenvalue weighted by Gasteiger charge is -2.57. The monoisotopic (exact) mass is 999 g/mol. The van der Waals surface area contributed by atoms with Gasteiger partial charge in [0.25, 0.3) is 0 Å². The quantitative estimate of drug-likeness (QED) is 0.0421. The van der Waals surface area contributed by atoms with Crippen molar-refractivity contribution in [2.24, 2.45) is 32.5 Å². The number of hydrogen-bond donors (Lipinski definition) is 5. The summed E-state index contributed by atoms with van der Waals surface area (Å²) in [6, 6.07) is 17.5. The molecule has 0 spiro atoms. The lowest BCUT2D eigenvalue weighted by molar-refractivity contribution is -0.171. The number of nitrogens with zero attached hydrogens (tertiary/aromatic N) is 1. The number of amides is 7. The molecule has 2 unspecified atom stereocenters. The van der Waals surface area contributed by atoms with Crippen molar-refractivity contribution in [1.29, 1.82) is 0 Å². The summed E-state index contributed by atoms with van der Waals surface area (Å²) in [4.78, 5) is 112. The number of aromatic nitrogens is 1. The van der Waals surface area contributed by atoms with Crippen LogP contribution in [0, 0.1) is 32.5 Å². The Morgan fingerprint density at radius 2 is 0.890 bits per heavy atom. The largest absolute Gasteiger partial charge is 0.465 e. The SMILES string of the molecule is CCCC1(C(=O)Nc2ccc3c(c2)c2cc(NC(=O)C4(CCC)C[C@@]5(CCC)C[C@@](CCC)(C4)C(=O)NC5=O)ccc2n3CC(=O)Nc2cccc(C(=O)OC)c2)C[C@@]2(CCC)C[C@@](CCC)(C1)C(=O)NC2=O. The van der Waals surface area contributed by atoms with Crippen molar-refractivity contribution in [3.63, 3.8) is 0 Å². The van der Waals surface area contributed by atoms with E-state index in [4.69, 9.17) is 4.74 Å². The van der Waals surface area contributed by atoms with Gasteiger partial charge in [-0.25, -0.2) is 4.79 Å². The molecule has 15 nitrogen and oxygen atoms in total. The molecule has 4 fully saturated rings. The number of carbonyl (C=O) groups excluding carboxylic acids is 8. The Morgan fingerprint density at radius 1 is 0.507 bits per heavy atom. The third-order valence-electron chi connectivity index (χ3n) is 17.0. The fourth-order valence-electron chi connectivity index (χ4n) is 14.7. The number of imide groups is 2. The van der Waals surface area contributed by atoms with E-state index in [9.17, 15) is 28.8 Å². The van der Waals surface area contributed by atoms with Crippen molar-refractivity contribution in [2.75, 3.05) is 23.1 Å².